The Bertz CT molecular complexity index is 561. The van der Waals surface area contributed by atoms with Crippen LogP contribution in [0.2, 0.25) is 0 Å². The minimum atomic E-state index is -3.50. The first-order chi connectivity index (χ1) is 9.16. The first kappa shape index (κ1) is 18.1. The van der Waals surface area contributed by atoms with Gasteiger partial charge in [-0.05, 0) is 46.5 Å². The molecule has 1 rings (SSSR count). The SMILES string of the molecule is CC(C)C(N)CCN(C)S(=O)(=O)c1ccc(Br)cc1Br. The van der Waals surface area contributed by atoms with Crippen LogP contribution >= 0.6 is 31.9 Å². The van der Waals surface area contributed by atoms with Gasteiger partial charge in [0.1, 0.15) is 0 Å². The molecule has 0 saturated heterocycles. The molecule has 7 heteroatoms. The van der Waals surface area contributed by atoms with Crippen LogP contribution < -0.4 is 5.73 Å². The van der Waals surface area contributed by atoms with E-state index in [9.17, 15) is 8.42 Å². The molecule has 1 aromatic rings. The fourth-order valence-electron chi connectivity index (χ4n) is 1.64. The van der Waals surface area contributed by atoms with Crippen molar-refractivity contribution in [1.29, 1.82) is 0 Å². The molecule has 20 heavy (non-hydrogen) atoms. The number of hydrogen-bond donors (Lipinski definition) is 1. The molecule has 114 valence electrons. The van der Waals surface area contributed by atoms with E-state index in [4.69, 9.17) is 5.73 Å². The molecule has 0 aromatic heterocycles. The smallest absolute Gasteiger partial charge is 0.243 e. The molecule has 0 radical (unpaired) electrons. The molecular formula is C13H20Br2N2O2S. The van der Waals surface area contributed by atoms with Gasteiger partial charge in [0.2, 0.25) is 10.0 Å². The predicted molar refractivity (Wildman–Crippen MR) is 89.1 cm³/mol. The highest BCUT2D eigenvalue weighted by atomic mass is 79.9. The van der Waals surface area contributed by atoms with Gasteiger partial charge in [-0.1, -0.05) is 29.8 Å². The van der Waals surface area contributed by atoms with Crippen molar-refractivity contribution in [1.82, 2.24) is 4.31 Å². The summed E-state index contributed by atoms with van der Waals surface area (Å²) in [5.74, 6) is 0.338. The maximum Gasteiger partial charge on any atom is 0.243 e. The number of halogens is 2. The summed E-state index contributed by atoms with van der Waals surface area (Å²) < 4.78 is 27.7. The molecule has 0 aliphatic rings. The molecule has 0 fully saturated rings. The average molecular weight is 428 g/mol. The lowest BCUT2D eigenvalue weighted by molar-refractivity contribution is 0.397. The Morgan fingerprint density at radius 3 is 2.40 bits per heavy atom. The lowest BCUT2D eigenvalue weighted by Crippen LogP contribution is -2.34. The van der Waals surface area contributed by atoms with Crippen LogP contribution in [0.1, 0.15) is 20.3 Å². The molecule has 0 bridgehead atoms. The van der Waals surface area contributed by atoms with Gasteiger partial charge < -0.3 is 5.73 Å². The normalized spacial score (nSPS) is 14.0. The zero-order chi connectivity index (χ0) is 15.5. The minimum Gasteiger partial charge on any atom is -0.327 e. The Labute approximate surface area is 138 Å². The Morgan fingerprint density at radius 2 is 1.90 bits per heavy atom. The van der Waals surface area contributed by atoms with Crippen LogP contribution in [0.4, 0.5) is 0 Å². The van der Waals surface area contributed by atoms with Gasteiger partial charge in [0.25, 0.3) is 0 Å². The molecule has 1 aromatic carbocycles. The maximum absolute atomic E-state index is 12.5. The van der Waals surface area contributed by atoms with Gasteiger partial charge in [-0.25, -0.2) is 12.7 Å². The number of benzene rings is 1. The van der Waals surface area contributed by atoms with Crippen LogP contribution in [-0.4, -0.2) is 32.4 Å². The van der Waals surface area contributed by atoms with Crippen LogP contribution in [-0.2, 0) is 10.0 Å². The third kappa shape index (κ3) is 4.53. The number of nitrogens with two attached hydrogens (primary N) is 1. The summed E-state index contributed by atoms with van der Waals surface area (Å²) in [6, 6.07) is 5.02. The molecule has 1 unspecified atom stereocenters. The van der Waals surface area contributed by atoms with Crippen molar-refractivity contribution >= 4 is 41.9 Å². The summed E-state index contributed by atoms with van der Waals surface area (Å²) in [6.07, 6.45) is 0.640. The van der Waals surface area contributed by atoms with Crippen molar-refractivity contribution in [2.45, 2.75) is 31.2 Å². The summed E-state index contributed by atoms with van der Waals surface area (Å²) in [5, 5.41) is 0. The lowest BCUT2D eigenvalue weighted by atomic mass is 10.0. The largest absolute Gasteiger partial charge is 0.327 e. The first-order valence-corrected chi connectivity index (χ1v) is 9.36. The molecule has 1 atom stereocenters. The quantitative estimate of drug-likeness (QED) is 0.757. The van der Waals surface area contributed by atoms with E-state index in [1.165, 1.54) is 4.31 Å². The van der Waals surface area contributed by atoms with Crippen LogP contribution in [0.5, 0.6) is 0 Å². The van der Waals surface area contributed by atoms with Gasteiger partial charge >= 0.3 is 0 Å². The van der Waals surface area contributed by atoms with Crippen LogP contribution in [0, 0.1) is 5.92 Å². The molecule has 0 amide bonds. The molecule has 0 heterocycles. The highest BCUT2D eigenvalue weighted by Crippen LogP contribution is 2.27. The summed E-state index contributed by atoms with van der Waals surface area (Å²) in [4.78, 5) is 0.265. The Kier molecular flexibility index (Phi) is 6.66. The monoisotopic (exact) mass is 426 g/mol. The average Bonchev–Trinajstić information content (AvgIpc) is 2.34. The van der Waals surface area contributed by atoms with Crippen LogP contribution in [0.15, 0.2) is 32.0 Å². The minimum absolute atomic E-state index is 0.000934. The lowest BCUT2D eigenvalue weighted by Gasteiger charge is -2.21. The maximum atomic E-state index is 12.5. The van der Waals surface area contributed by atoms with Gasteiger partial charge in [0.15, 0.2) is 0 Å². The van der Waals surface area contributed by atoms with Gasteiger partial charge in [-0.15, -0.1) is 0 Å². The molecule has 0 saturated carbocycles. The third-order valence-corrected chi connectivity index (χ3v) is 6.54. The van der Waals surface area contributed by atoms with E-state index < -0.39 is 10.0 Å². The van der Waals surface area contributed by atoms with Crippen molar-refractivity contribution in [3.63, 3.8) is 0 Å². The number of nitrogens with zero attached hydrogens (tertiary/aromatic N) is 1. The number of rotatable bonds is 6. The van der Waals surface area contributed by atoms with Gasteiger partial charge in [-0.2, -0.15) is 0 Å². The molecule has 0 aliphatic carbocycles. The third-order valence-electron chi connectivity index (χ3n) is 3.22. The van der Waals surface area contributed by atoms with E-state index in [0.717, 1.165) is 4.47 Å². The molecule has 4 nitrogen and oxygen atoms in total. The standard InChI is InChI=1S/C13H20Br2N2O2S/c1-9(2)12(16)6-7-17(3)20(18,19)13-5-4-10(14)8-11(13)15/h4-5,8-9,12H,6-7,16H2,1-3H3. The zero-order valence-corrected chi connectivity index (χ0v) is 15.8. The summed E-state index contributed by atoms with van der Waals surface area (Å²) in [7, 11) is -1.92. The second-order valence-electron chi connectivity index (χ2n) is 5.10. The summed E-state index contributed by atoms with van der Waals surface area (Å²) >= 11 is 6.60. The van der Waals surface area contributed by atoms with E-state index in [1.807, 2.05) is 13.8 Å². The first-order valence-electron chi connectivity index (χ1n) is 6.33. The fourth-order valence-corrected chi connectivity index (χ4v) is 4.52. The van der Waals surface area contributed by atoms with E-state index in [2.05, 4.69) is 31.9 Å². The Morgan fingerprint density at radius 1 is 1.30 bits per heavy atom. The van der Waals surface area contributed by atoms with Crippen LogP contribution in [0.25, 0.3) is 0 Å². The predicted octanol–water partition coefficient (Wildman–Crippen LogP) is 3.21. The number of sulfonamides is 1. The molecule has 0 aliphatic heterocycles. The Balaban J connectivity index is 2.87. The van der Waals surface area contributed by atoms with Crippen molar-refractivity contribution in [2.75, 3.05) is 13.6 Å². The van der Waals surface area contributed by atoms with Crippen molar-refractivity contribution < 1.29 is 8.42 Å². The van der Waals surface area contributed by atoms with E-state index in [0.29, 0.717) is 23.4 Å². The molecular weight excluding hydrogens is 408 g/mol. The van der Waals surface area contributed by atoms with Gasteiger partial charge in [0.05, 0.1) is 4.90 Å². The number of hydrogen-bond acceptors (Lipinski definition) is 3. The zero-order valence-electron chi connectivity index (χ0n) is 11.8. The second kappa shape index (κ2) is 7.35. The molecule has 2 N–H and O–H groups in total. The summed E-state index contributed by atoms with van der Waals surface area (Å²) in [6.45, 7) is 4.47. The summed E-state index contributed by atoms with van der Waals surface area (Å²) in [5.41, 5.74) is 5.96. The highest BCUT2D eigenvalue weighted by molar-refractivity contribution is 9.11. The fraction of sp³-hybridized carbons (Fsp3) is 0.538. The Hall–Kier alpha value is 0.0500. The van der Waals surface area contributed by atoms with E-state index >= 15 is 0 Å². The van der Waals surface area contributed by atoms with Gasteiger partial charge in [-0.3, -0.25) is 0 Å². The van der Waals surface area contributed by atoms with E-state index in [-0.39, 0.29) is 10.9 Å². The molecule has 0 spiro atoms. The highest BCUT2D eigenvalue weighted by Gasteiger charge is 2.24. The van der Waals surface area contributed by atoms with Crippen LogP contribution in [0.3, 0.4) is 0 Å². The second-order valence-corrected chi connectivity index (χ2v) is 8.88. The topological polar surface area (TPSA) is 63.4 Å². The van der Waals surface area contributed by atoms with Crippen molar-refractivity contribution in [2.24, 2.45) is 11.7 Å². The van der Waals surface area contributed by atoms with Crippen molar-refractivity contribution in [3.05, 3.63) is 27.1 Å². The van der Waals surface area contributed by atoms with E-state index in [1.54, 1.807) is 25.2 Å². The van der Waals surface area contributed by atoms with Crippen molar-refractivity contribution in [3.8, 4) is 0 Å². The van der Waals surface area contributed by atoms with Gasteiger partial charge in [0, 0.05) is 28.6 Å².